The lowest BCUT2D eigenvalue weighted by Gasteiger charge is -2.14. The van der Waals surface area contributed by atoms with Crippen molar-refractivity contribution in [3.8, 4) is 5.75 Å². The van der Waals surface area contributed by atoms with Gasteiger partial charge in [-0.15, -0.1) is 0 Å². The van der Waals surface area contributed by atoms with Gasteiger partial charge in [0.05, 0.1) is 11.4 Å². The summed E-state index contributed by atoms with van der Waals surface area (Å²) in [6, 6.07) is 14.4. The standard InChI is InChI=1S/C20H17NO4S/c1-13-5-3-4-6-16(13)12-21-19(23)18(26-20(21)24)11-15-7-9-17(10-8-15)25-14(2)22/h3-11H,12H2,1-2H3/b18-11-. The van der Waals surface area contributed by atoms with Crippen molar-refractivity contribution < 1.29 is 19.1 Å². The Morgan fingerprint density at radius 3 is 2.46 bits per heavy atom. The molecule has 3 rings (SSSR count). The van der Waals surface area contributed by atoms with Crippen LogP contribution in [0.1, 0.15) is 23.6 Å². The Kier molecular flexibility index (Phi) is 5.23. The average molecular weight is 367 g/mol. The molecule has 0 saturated carbocycles. The first-order valence-electron chi connectivity index (χ1n) is 8.02. The quantitative estimate of drug-likeness (QED) is 0.461. The lowest BCUT2D eigenvalue weighted by atomic mass is 10.1. The van der Waals surface area contributed by atoms with Crippen molar-refractivity contribution in [1.82, 2.24) is 4.90 Å². The fourth-order valence-corrected chi connectivity index (χ4v) is 3.38. The van der Waals surface area contributed by atoms with E-state index in [2.05, 4.69) is 0 Å². The smallest absolute Gasteiger partial charge is 0.308 e. The van der Waals surface area contributed by atoms with E-state index >= 15 is 0 Å². The van der Waals surface area contributed by atoms with E-state index in [1.54, 1.807) is 30.3 Å². The second-order valence-electron chi connectivity index (χ2n) is 5.86. The number of nitrogens with zero attached hydrogens (tertiary/aromatic N) is 1. The van der Waals surface area contributed by atoms with Gasteiger partial charge in [0.15, 0.2) is 0 Å². The molecule has 0 spiro atoms. The molecule has 26 heavy (non-hydrogen) atoms. The van der Waals surface area contributed by atoms with Crippen molar-refractivity contribution >= 4 is 35.0 Å². The van der Waals surface area contributed by atoms with Crippen molar-refractivity contribution in [2.24, 2.45) is 0 Å². The molecular weight excluding hydrogens is 350 g/mol. The molecule has 0 aliphatic carbocycles. The molecule has 2 aromatic carbocycles. The third-order valence-corrected chi connectivity index (χ3v) is 4.81. The fraction of sp³-hybridized carbons (Fsp3) is 0.150. The molecule has 1 aliphatic heterocycles. The van der Waals surface area contributed by atoms with E-state index in [0.717, 1.165) is 28.5 Å². The van der Waals surface area contributed by atoms with Gasteiger partial charge < -0.3 is 4.74 Å². The first-order chi connectivity index (χ1) is 12.4. The summed E-state index contributed by atoms with van der Waals surface area (Å²) in [5.41, 5.74) is 2.74. The number of rotatable bonds is 4. The van der Waals surface area contributed by atoms with E-state index in [9.17, 15) is 14.4 Å². The summed E-state index contributed by atoms with van der Waals surface area (Å²) in [6.45, 7) is 3.55. The SMILES string of the molecule is CC(=O)Oc1ccc(/C=C2\SC(=O)N(Cc3ccccc3C)C2=O)cc1. The van der Waals surface area contributed by atoms with Gasteiger partial charge >= 0.3 is 5.97 Å². The fourth-order valence-electron chi connectivity index (χ4n) is 2.54. The zero-order valence-electron chi connectivity index (χ0n) is 14.4. The summed E-state index contributed by atoms with van der Waals surface area (Å²) >= 11 is 0.930. The predicted molar refractivity (Wildman–Crippen MR) is 100 cm³/mol. The lowest BCUT2D eigenvalue weighted by molar-refractivity contribution is -0.131. The molecule has 0 bridgehead atoms. The molecule has 0 atom stereocenters. The molecule has 2 amide bonds. The van der Waals surface area contributed by atoms with E-state index in [1.807, 2.05) is 31.2 Å². The zero-order chi connectivity index (χ0) is 18.7. The highest BCUT2D eigenvalue weighted by Gasteiger charge is 2.35. The van der Waals surface area contributed by atoms with Crippen LogP contribution in [-0.4, -0.2) is 22.0 Å². The van der Waals surface area contributed by atoms with Gasteiger partial charge in [0.1, 0.15) is 5.75 Å². The highest BCUT2D eigenvalue weighted by molar-refractivity contribution is 8.18. The number of hydrogen-bond acceptors (Lipinski definition) is 5. The minimum atomic E-state index is -0.393. The summed E-state index contributed by atoms with van der Waals surface area (Å²) < 4.78 is 4.98. The monoisotopic (exact) mass is 367 g/mol. The maximum atomic E-state index is 12.6. The number of ether oxygens (including phenoxy) is 1. The number of imide groups is 1. The van der Waals surface area contributed by atoms with Crippen LogP contribution in [0, 0.1) is 6.92 Å². The van der Waals surface area contributed by atoms with Crippen molar-refractivity contribution in [3.05, 3.63) is 70.1 Å². The summed E-state index contributed by atoms with van der Waals surface area (Å²) in [5, 5.41) is -0.277. The number of aryl methyl sites for hydroxylation is 1. The van der Waals surface area contributed by atoms with Crippen LogP contribution >= 0.6 is 11.8 Å². The lowest BCUT2D eigenvalue weighted by Crippen LogP contribution is -2.27. The van der Waals surface area contributed by atoms with Gasteiger partial charge in [-0.1, -0.05) is 36.4 Å². The van der Waals surface area contributed by atoms with Gasteiger partial charge in [-0.2, -0.15) is 0 Å². The Bertz CT molecular complexity index is 902. The van der Waals surface area contributed by atoms with Crippen LogP contribution in [0.3, 0.4) is 0 Å². The second kappa shape index (κ2) is 7.58. The number of esters is 1. The summed E-state index contributed by atoms with van der Waals surface area (Å²) in [6.07, 6.45) is 1.67. The Morgan fingerprint density at radius 2 is 1.81 bits per heavy atom. The number of benzene rings is 2. The highest BCUT2D eigenvalue weighted by atomic mass is 32.2. The van der Waals surface area contributed by atoms with E-state index in [0.29, 0.717) is 10.7 Å². The van der Waals surface area contributed by atoms with Crippen molar-refractivity contribution in [2.45, 2.75) is 20.4 Å². The van der Waals surface area contributed by atoms with E-state index in [4.69, 9.17) is 4.74 Å². The summed E-state index contributed by atoms with van der Waals surface area (Å²) in [5.74, 6) is -0.260. The van der Waals surface area contributed by atoms with Gasteiger partial charge in [-0.25, -0.2) is 0 Å². The van der Waals surface area contributed by atoms with Crippen LogP contribution < -0.4 is 4.74 Å². The molecule has 6 heteroatoms. The van der Waals surface area contributed by atoms with Crippen LogP contribution in [0.5, 0.6) is 5.75 Å². The molecule has 0 unspecified atom stereocenters. The Hall–Kier alpha value is -2.86. The van der Waals surface area contributed by atoms with Gasteiger partial charge in [-0.3, -0.25) is 19.3 Å². The molecule has 0 radical (unpaired) electrons. The largest absolute Gasteiger partial charge is 0.427 e. The molecule has 1 aliphatic rings. The number of thioether (sulfide) groups is 1. The predicted octanol–water partition coefficient (Wildman–Crippen LogP) is 4.16. The molecule has 1 heterocycles. The topological polar surface area (TPSA) is 63.7 Å². The van der Waals surface area contributed by atoms with E-state index < -0.39 is 5.97 Å². The molecule has 2 aromatic rings. The maximum Gasteiger partial charge on any atom is 0.308 e. The van der Waals surface area contributed by atoms with Gasteiger partial charge in [0, 0.05) is 6.92 Å². The molecule has 1 fully saturated rings. The average Bonchev–Trinajstić information content (AvgIpc) is 2.85. The molecule has 5 nitrogen and oxygen atoms in total. The molecular formula is C20H17NO4S. The minimum Gasteiger partial charge on any atom is -0.427 e. The summed E-state index contributed by atoms with van der Waals surface area (Å²) in [4.78, 5) is 37.4. The highest BCUT2D eigenvalue weighted by Crippen LogP contribution is 2.33. The van der Waals surface area contributed by atoms with Crippen LogP contribution in [0.2, 0.25) is 0 Å². The van der Waals surface area contributed by atoms with Crippen LogP contribution in [0.15, 0.2) is 53.4 Å². The number of carbonyl (C=O) groups excluding carboxylic acids is 3. The molecule has 1 saturated heterocycles. The van der Waals surface area contributed by atoms with Crippen LogP contribution in [0.4, 0.5) is 4.79 Å². The van der Waals surface area contributed by atoms with Crippen LogP contribution in [-0.2, 0) is 16.1 Å². The van der Waals surface area contributed by atoms with Gasteiger partial charge in [0.25, 0.3) is 11.1 Å². The number of carbonyl (C=O) groups is 3. The van der Waals surface area contributed by atoms with Crippen molar-refractivity contribution in [2.75, 3.05) is 0 Å². The van der Waals surface area contributed by atoms with Crippen LogP contribution in [0.25, 0.3) is 6.08 Å². The van der Waals surface area contributed by atoms with Gasteiger partial charge in [0.2, 0.25) is 0 Å². The normalized spacial score (nSPS) is 15.6. The van der Waals surface area contributed by atoms with E-state index in [1.165, 1.54) is 11.8 Å². The first kappa shape index (κ1) is 17.9. The second-order valence-corrected chi connectivity index (χ2v) is 6.85. The van der Waals surface area contributed by atoms with Crippen molar-refractivity contribution in [3.63, 3.8) is 0 Å². The third kappa shape index (κ3) is 4.03. The summed E-state index contributed by atoms with van der Waals surface area (Å²) in [7, 11) is 0. The Morgan fingerprint density at radius 1 is 1.12 bits per heavy atom. The van der Waals surface area contributed by atoms with Crippen molar-refractivity contribution in [1.29, 1.82) is 0 Å². The first-order valence-corrected chi connectivity index (χ1v) is 8.84. The number of hydrogen-bond donors (Lipinski definition) is 0. The Labute approximate surface area is 155 Å². The molecule has 132 valence electrons. The third-order valence-electron chi connectivity index (χ3n) is 3.90. The minimum absolute atomic E-state index is 0.264. The number of amides is 2. The maximum absolute atomic E-state index is 12.6. The zero-order valence-corrected chi connectivity index (χ0v) is 15.2. The molecule has 0 aromatic heterocycles. The molecule has 0 N–H and O–H groups in total. The van der Waals surface area contributed by atoms with E-state index in [-0.39, 0.29) is 17.7 Å². The van der Waals surface area contributed by atoms with Gasteiger partial charge in [-0.05, 0) is 53.6 Å². The Balaban J connectivity index is 1.76.